The molecule has 0 aromatic carbocycles. The van der Waals surface area contributed by atoms with Crippen LogP contribution in [0.25, 0.3) is 0 Å². The predicted octanol–water partition coefficient (Wildman–Crippen LogP) is 2.44. The lowest BCUT2D eigenvalue weighted by atomic mass is 10.2. The van der Waals surface area contributed by atoms with Gasteiger partial charge in [-0.2, -0.15) is 0 Å². The van der Waals surface area contributed by atoms with Gasteiger partial charge in [0.15, 0.2) is 11.6 Å². The third-order valence-corrected chi connectivity index (χ3v) is 3.60. The minimum absolute atomic E-state index is 0.212. The van der Waals surface area contributed by atoms with Crippen LogP contribution in [0.3, 0.4) is 0 Å². The van der Waals surface area contributed by atoms with Crippen LogP contribution in [-0.2, 0) is 4.74 Å². The zero-order valence-corrected chi connectivity index (χ0v) is 12.7. The number of halogens is 1. The molecule has 1 aliphatic rings. The van der Waals surface area contributed by atoms with Gasteiger partial charge in [0.1, 0.15) is 17.8 Å². The molecule has 3 rings (SSSR count). The fourth-order valence-corrected chi connectivity index (χ4v) is 2.33. The third-order valence-electron chi connectivity index (χ3n) is 3.38. The first-order valence-corrected chi connectivity index (χ1v) is 7.44. The van der Waals surface area contributed by atoms with Crippen LogP contribution in [0.1, 0.15) is 12.8 Å². The number of ether oxygens (including phenoxy) is 1. The van der Waals surface area contributed by atoms with E-state index in [9.17, 15) is 0 Å². The average molecular weight is 321 g/mol. The summed E-state index contributed by atoms with van der Waals surface area (Å²) in [6.07, 6.45) is 5.37. The van der Waals surface area contributed by atoms with E-state index in [1.165, 1.54) is 6.33 Å². The van der Waals surface area contributed by atoms with Gasteiger partial charge in [-0.15, -0.1) is 0 Å². The zero-order valence-electron chi connectivity index (χ0n) is 11.9. The lowest BCUT2D eigenvalue weighted by Crippen LogP contribution is -2.20. The highest BCUT2D eigenvalue weighted by molar-refractivity contribution is 6.30. The Morgan fingerprint density at radius 3 is 2.86 bits per heavy atom. The third kappa shape index (κ3) is 3.55. The molecule has 1 fully saturated rings. The van der Waals surface area contributed by atoms with E-state index in [1.54, 1.807) is 18.3 Å². The summed E-state index contributed by atoms with van der Waals surface area (Å²) in [6, 6.07) is 3.49. The van der Waals surface area contributed by atoms with Gasteiger partial charge in [-0.05, 0) is 25.0 Å². The van der Waals surface area contributed by atoms with Crippen molar-refractivity contribution in [3.05, 3.63) is 29.7 Å². The van der Waals surface area contributed by atoms with Gasteiger partial charge in [0.05, 0.1) is 11.1 Å². The number of rotatable bonds is 5. The van der Waals surface area contributed by atoms with Crippen LogP contribution in [0.15, 0.2) is 24.7 Å². The Morgan fingerprint density at radius 1 is 1.27 bits per heavy atom. The summed E-state index contributed by atoms with van der Waals surface area (Å²) in [7, 11) is 0. The van der Waals surface area contributed by atoms with E-state index in [2.05, 4.69) is 25.6 Å². The van der Waals surface area contributed by atoms with E-state index < -0.39 is 0 Å². The summed E-state index contributed by atoms with van der Waals surface area (Å²) in [5.41, 5.74) is 6.54. The first-order chi connectivity index (χ1) is 10.7. The fraction of sp³-hybridized carbons (Fsp3) is 0.357. The SMILES string of the molecule is Nc1c(NCC2CCCO2)ncnc1Nc1ccc(Cl)cn1. The Hall–Kier alpha value is -2.12. The second-order valence-electron chi connectivity index (χ2n) is 4.99. The van der Waals surface area contributed by atoms with Crippen molar-refractivity contribution in [1.82, 2.24) is 15.0 Å². The maximum absolute atomic E-state index is 6.10. The first kappa shape index (κ1) is 14.8. The van der Waals surface area contributed by atoms with E-state index in [0.717, 1.165) is 19.4 Å². The quantitative estimate of drug-likeness (QED) is 0.778. The molecule has 0 spiro atoms. The van der Waals surface area contributed by atoms with Gasteiger partial charge in [-0.25, -0.2) is 15.0 Å². The molecule has 2 aromatic heterocycles. The Kier molecular flexibility index (Phi) is 4.55. The summed E-state index contributed by atoms with van der Waals surface area (Å²) < 4.78 is 5.57. The van der Waals surface area contributed by atoms with Crippen LogP contribution in [0.2, 0.25) is 5.02 Å². The molecular formula is C14H17ClN6O. The van der Waals surface area contributed by atoms with Gasteiger partial charge in [0.25, 0.3) is 0 Å². The number of nitrogen functional groups attached to an aromatic ring is 1. The standard InChI is InChI=1S/C14H17ClN6O/c15-9-3-4-11(17-6-9)21-14-12(16)13(19-8-20-14)18-7-10-2-1-5-22-10/h3-4,6,8,10H,1-2,5,7,16H2,(H2,17,18,19,20,21). The number of nitrogens with zero attached hydrogens (tertiary/aromatic N) is 3. The van der Waals surface area contributed by atoms with Crippen LogP contribution in [-0.4, -0.2) is 34.2 Å². The molecule has 22 heavy (non-hydrogen) atoms. The molecule has 2 aromatic rings. The van der Waals surface area contributed by atoms with Crippen molar-refractivity contribution in [2.75, 3.05) is 29.5 Å². The summed E-state index contributed by atoms with van der Waals surface area (Å²) in [6.45, 7) is 1.50. The van der Waals surface area contributed by atoms with Crippen molar-refractivity contribution < 1.29 is 4.74 Å². The number of anilines is 4. The van der Waals surface area contributed by atoms with E-state index in [1.807, 2.05) is 0 Å². The molecule has 1 unspecified atom stereocenters. The highest BCUT2D eigenvalue weighted by Gasteiger charge is 2.16. The maximum atomic E-state index is 6.10. The second kappa shape index (κ2) is 6.76. The molecule has 1 saturated heterocycles. The van der Waals surface area contributed by atoms with E-state index in [4.69, 9.17) is 22.1 Å². The van der Waals surface area contributed by atoms with Gasteiger partial charge < -0.3 is 21.1 Å². The summed E-state index contributed by atoms with van der Waals surface area (Å²) in [5.74, 6) is 1.70. The monoisotopic (exact) mass is 320 g/mol. The molecule has 1 atom stereocenters. The Balaban J connectivity index is 1.69. The number of aromatic nitrogens is 3. The van der Waals surface area contributed by atoms with Crippen LogP contribution in [0, 0.1) is 0 Å². The van der Waals surface area contributed by atoms with Crippen molar-refractivity contribution >= 4 is 34.7 Å². The minimum atomic E-state index is 0.212. The van der Waals surface area contributed by atoms with Gasteiger partial charge in [-0.3, -0.25) is 0 Å². The molecule has 3 heterocycles. The Bertz CT molecular complexity index is 630. The molecule has 1 aliphatic heterocycles. The minimum Gasteiger partial charge on any atom is -0.393 e. The first-order valence-electron chi connectivity index (χ1n) is 7.07. The summed E-state index contributed by atoms with van der Waals surface area (Å²) >= 11 is 5.81. The molecule has 0 aliphatic carbocycles. The molecule has 0 bridgehead atoms. The average Bonchev–Trinajstić information content (AvgIpc) is 3.04. The van der Waals surface area contributed by atoms with Crippen LogP contribution < -0.4 is 16.4 Å². The zero-order chi connectivity index (χ0) is 15.4. The molecular weight excluding hydrogens is 304 g/mol. The van der Waals surface area contributed by atoms with Crippen molar-refractivity contribution in [2.24, 2.45) is 0 Å². The van der Waals surface area contributed by atoms with Crippen molar-refractivity contribution in [1.29, 1.82) is 0 Å². The fourth-order valence-electron chi connectivity index (χ4n) is 2.22. The molecule has 0 amide bonds. The van der Waals surface area contributed by atoms with Gasteiger partial charge in [0.2, 0.25) is 0 Å². The normalized spacial score (nSPS) is 17.4. The number of nitrogens with one attached hydrogen (secondary N) is 2. The lowest BCUT2D eigenvalue weighted by Gasteiger charge is -2.14. The predicted molar refractivity (Wildman–Crippen MR) is 86.4 cm³/mol. The van der Waals surface area contributed by atoms with Crippen molar-refractivity contribution in [3.8, 4) is 0 Å². The molecule has 0 saturated carbocycles. The maximum Gasteiger partial charge on any atom is 0.160 e. The van der Waals surface area contributed by atoms with Gasteiger partial charge in [-0.1, -0.05) is 11.6 Å². The smallest absolute Gasteiger partial charge is 0.160 e. The number of pyridine rings is 1. The van der Waals surface area contributed by atoms with E-state index >= 15 is 0 Å². The summed E-state index contributed by atoms with van der Waals surface area (Å²) in [4.78, 5) is 12.5. The Morgan fingerprint density at radius 2 is 2.14 bits per heavy atom. The molecule has 4 N–H and O–H groups in total. The Labute approximate surface area is 133 Å². The molecule has 116 valence electrons. The van der Waals surface area contributed by atoms with Crippen LogP contribution in [0.4, 0.5) is 23.1 Å². The van der Waals surface area contributed by atoms with Crippen LogP contribution in [0.5, 0.6) is 0 Å². The van der Waals surface area contributed by atoms with E-state index in [-0.39, 0.29) is 6.10 Å². The highest BCUT2D eigenvalue weighted by atomic mass is 35.5. The summed E-state index contributed by atoms with van der Waals surface area (Å²) in [5, 5.41) is 6.83. The molecule has 8 heteroatoms. The van der Waals surface area contributed by atoms with Crippen LogP contribution >= 0.6 is 11.6 Å². The highest BCUT2D eigenvalue weighted by Crippen LogP contribution is 2.25. The topological polar surface area (TPSA) is 98.0 Å². The van der Waals surface area contributed by atoms with Crippen molar-refractivity contribution in [3.63, 3.8) is 0 Å². The van der Waals surface area contributed by atoms with Crippen molar-refractivity contribution in [2.45, 2.75) is 18.9 Å². The van der Waals surface area contributed by atoms with Gasteiger partial charge in [0, 0.05) is 19.3 Å². The van der Waals surface area contributed by atoms with E-state index in [0.29, 0.717) is 34.7 Å². The number of nitrogens with two attached hydrogens (primary N) is 1. The molecule has 0 radical (unpaired) electrons. The number of hydrogen-bond acceptors (Lipinski definition) is 7. The molecule has 7 nitrogen and oxygen atoms in total. The number of hydrogen-bond donors (Lipinski definition) is 3. The second-order valence-corrected chi connectivity index (χ2v) is 5.42. The van der Waals surface area contributed by atoms with Gasteiger partial charge >= 0.3 is 0 Å². The lowest BCUT2D eigenvalue weighted by molar-refractivity contribution is 0.120. The largest absolute Gasteiger partial charge is 0.393 e.